The maximum absolute atomic E-state index is 12.2. The van der Waals surface area contributed by atoms with Crippen molar-refractivity contribution >= 4 is 5.91 Å². The van der Waals surface area contributed by atoms with Crippen LogP contribution in [0.2, 0.25) is 0 Å². The summed E-state index contributed by atoms with van der Waals surface area (Å²) in [6.07, 6.45) is 2.63. The van der Waals surface area contributed by atoms with Gasteiger partial charge in [-0.15, -0.1) is 0 Å². The molecule has 0 saturated heterocycles. The van der Waals surface area contributed by atoms with Gasteiger partial charge in [-0.25, -0.2) is 0 Å². The van der Waals surface area contributed by atoms with Gasteiger partial charge in [0, 0.05) is 31.3 Å². The van der Waals surface area contributed by atoms with E-state index in [-0.39, 0.29) is 12.5 Å². The second-order valence-corrected chi connectivity index (χ2v) is 4.59. The van der Waals surface area contributed by atoms with Crippen LogP contribution in [0.1, 0.15) is 35.2 Å². The lowest BCUT2D eigenvalue weighted by Gasteiger charge is -2.17. The van der Waals surface area contributed by atoms with Gasteiger partial charge in [0.2, 0.25) is 0 Å². The molecular weight excluding hydrogens is 252 g/mol. The van der Waals surface area contributed by atoms with Gasteiger partial charge in [0.15, 0.2) is 0 Å². The van der Waals surface area contributed by atoms with Crippen molar-refractivity contribution in [3.05, 3.63) is 35.4 Å². The van der Waals surface area contributed by atoms with Crippen molar-refractivity contribution in [3.63, 3.8) is 0 Å². The van der Waals surface area contributed by atoms with Crippen LogP contribution >= 0.6 is 0 Å². The number of amides is 1. The number of rotatable bonds is 6. The number of benzene rings is 1. The molecule has 0 heterocycles. The van der Waals surface area contributed by atoms with Crippen molar-refractivity contribution in [1.82, 2.24) is 4.90 Å². The molecule has 1 aromatic carbocycles. The monoisotopic (exact) mass is 274 g/mol. The minimum Gasteiger partial charge on any atom is -0.396 e. The Morgan fingerprint density at radius 1 is 1.25 bits per heavy atom. The summed E-state index contributed by atoms with van der Waals surface area (Å²) in [5.41, 5.74) is 6.83. The average Bonchev–Trinajstić information content (AvgIpc) is 2.49. The van der Waals surface area contributed by atoms with Crippen molar-refractivity contribution in [2.75, 3.05) is 26.7 Å². The third kappa shape index (κ3) is 5.43. The summed E-state index contributed by atoms with van der Waals surface area (Å²) in [4.78, 5) is 13.9. The number of hydrogen-bond donors (Lipinski definition) is 2. The number of hydrogen-bond acceptors (Lipinski definition) is 3. The molecule has 0 unspecified atom stereocenters. The van der Waals surface area contributed by atoms with Crippen molar-refractivity contribution in [3.8, 4) is 11.8 Å². The fourth-order valence-electron chi connectivity index (χ4n) is 1.81. The SMILES string of the molecule is CN(CCCCCO)C(=O)c1ccc(C#CCN)cc1. The third-order valence-electron chi connectivity index (χ3n) is 2.96. The van der Waals surface area contributed by atoms with Gasteiger partial charge in [0.1, 0.15) is 0 Å². The lowest BCUT2D eigenvalue weighted by atomic mass is 10.1. The van der Waals surface area contributed by atoms with Crippen LogP contribution in [0.25, 0.3) is 0 Å². The first-order valence-corrected chi connectivity index (χ1v) is 6.84. The zero-order valence-corrected chi connectivity index (χ0v) is 11.9. The smallest absolute Gasteiger partial charge is 0.253 e. The Morgan fingerprint density at radius 3 is 2.55 bits per heavy atom. The summed E-state index contributed by atoms with van der Waals surface area (Å²) >= 11 is 0. The van der Waals surface area contributed by atoms with Crippen molar-refractivity contribution in [2.24, 2.45) is 5.73 Å². The van der Waals surface area contributed by atoms with Gasteiger partial charge in [-0.05, 0) is 43.5 Å². The van der Waals surface area contributed by atoms with Crippen LogP contribution in [0.15, 0.2) is 24.3 Å². The molecule has 0 spiro atoms. The molecule has 108 valence electrons. The molecule has 1 aromatic rings. The molecule has 0 atom stereocenters. The van der Waals surface area contributed by atoms with E-state index in [0.717, 1.165) is 24.8 Å². The Labute approximate surface area is 120 Å². The fourth-order valence-corrected chi connectivity index (χ4v) is 1.81. The lowest BCUT2D eigenvalue weighted by molar-refractivity contribution is 0.0792. The summed E-state index contributed by atoms with van der Waals surface area (Å²) < 4.78 is 0. The first-order chi connectivity index (χ1) is 9.69. The molecule has 4 nitrogen and oxygen atoms in total. The van der Waals surface area contributed by atoms with E-state index in [1.54, 1.807) is 24.1 Å². The van der Waals surface area contributed by atoms with Gasteiger partial charge in [0.05, 0.1) is 6.54 Å². The number of carbonyl (C=O) groups excluding carboxylic acids is 1. The van der Waals surface area contributed by atoms with Crippen LogP contribution in [-0.4, -0.2) is 42.7 Å². The van der Waals surface area contributed by atoms with E-state index in [1.807, 2.05) is 12.1 Å². The molecule has 0 bridgehead atoms. The molecule has 1 amide bonds. The van der Waals surface area contributed by atoms with E-state index in [1.165, 1.54) is 0 Å². The fraction of sp³-hybridized carbons (Fsp3) is 0.438. The maximum Gasteiger partial charge on any atom is 0.253 e. The van der Waals surface area contributed by atoms with E-state index in [9.17, 15) is 4.79 Å². The van der Waals surface area contributed by atoms with Crippen LogP contribution in [0.3, 0.4) is 0 Å². The standard InChI is InChI=1S/C16H22N2O2/c1-18(12-3-2-4-13-19)16(20)15-9-7-14(8-10-15)6-5-11-17/h7-10,19H,2-4,11-13,17H2,1H3. The first kappa shape index (κ1) is 16.2. The van der Waals surface area contributed by atoms with Crippen LogP contribution in [0.4, 0.5) is 0 Å². The molecule has 0 radical (unpaired) electrons. The molecule has 0 aromatic heterocycles. The Bertz CT molecular complexity index is 471. The largest absolute Gasteiger partial charge is 0.396 e. The number of carbonyl (C=O) groups is 1. The topological polar surface area (TPSA) is 66.6 Å². The van der Waals surface area contributed by atoms with E-state index < -0.39 is 0 Å². The second-order valence-electron chi connectivity index (χ2n) is 4.59. The summed E-state index contributed by atoms with van der Waals surface area (Å²) in [5.74, 6) is 5.71. The van der Waals surface area contributed by atoms with Crippen molar-refractivity contribution < 1.29 is 9.90 Å². The van der Waals surface area contributed by atoms with E-state index >= 15 is 0 Å². The molecule has 0 saturated carbocycles. The minimum absolute atomic E-state index is 0.00679. The summed E-state index contributed by atoms with van der Waals surface area (Å²) in [7, 11) is 1.80. The predicted molar refractivity (Wildman–Crippen MR) is 80.3 cm³/mol. The van der Waals surface area contributed by atoms with Gasteiger partial charge in [0.25, 0.3) is 5.91 Å². The normalized spacial score (nSPS) is 9.75. The molecule has 0 aliphatic heterocycles. The van der Waals surface area contributed by atoms with Crippen LogP contribution in [0, 0.1) is 11.8 Å². The number of unbranched alkanes of at least 4 members (excludes halogenated alkanes) is 2. The molecule has 3 N–H and O–H groups in total. The van der Waals surface area contributed by atoms with Crippen LogP contribution in [0.5, 0.6) is 0 Å². The Hall–Kier alpha value is -1.83. The minimum atomic E-state index is 0.00679. The molecule has 0 aliphatic carbocycles. The Kier molecular flexibility index (Phi) is 7.41. The van der Waals surface area contributed by atoms with E-state index in [0.29, 0.717) is 18.7 Å². The second kappa shape index (κ2) is 9.13. The number of nitrogens with two attached hydrogens (primary N) is 1. The molecule has 0 aliphatic rings. The molecule has 20 heavy (non-hydrogen) atoms. The van der Waals surface area contributed by atoms with Gasteiger partial charge in [-0.2, -0.15) is 0 Å². The first-order valence-electron chi connectivity index (χ1n) is 6.84. The number of aliphatic hydroxyl groups excluding tert-OH is 1. The quantitative estimate of drug-likeness (QED) is 0.605. The summed E-state index contributed by atoms with van der Waals surface area (Å²) in [5, 5.41) is 8.71. The highest BCUT2D eigenvalue weighted by Gasteiger charge is 2.10. The zero-order chi connectivity index (χ0) is 14.8. The molecular formula is C16H22N2O2. The molecule has 0 fully saturated rings. The lowest BCUT2D eigenvalue weighted by Crippen LogP contribution is -2.27. The van der Waals surface area contributed by atoms with Gasteiger partial charge >= 0.3 is 0 Å². The van der Waals surface area contributed by atoms with Crippen LogP contribution < -0.4 is 5.73 Å². The average molecular weight is 274 g/mol. The van der Waals surface area contributed by atoms with Gasteiger partial charge in [-0.1, -0.05) is 11.8 Å². The highest BCUT2D eigenvalue weighted by molar-refractivity contribution is 5.94. The summed E-state index contributed by atoms with van der Waals surface area (Å²) in [6, 6.07) is 7.23. The van der Waals surface area contributed by atoms with Crippen molar-refractivity contribution in [1.29, 1.82) is 0 Å². The highest BCUT2D eigenvalue weighted by Crippen LogP contribution is 2.07. The molecule has 4 heteroatoms. The Balaban J connectivity index is 2.54. The van der Waals surface area contributed by atoms with Crippen LogP contribution in [-0.2, 0) is 0 Å². The predicted octanol–water partition coefficient (Wildman–Crippen LogP) is 1.23. The van der Waals surface area contributed by atoms with Gasteiger partial charge in [-0.3, -0.25) is 4.79 Å². The third-order valence-corrected chi connectivity index (χ3v) is 2.96. The van der Waals surface area contributed by atoms with Gasteiger partial charge < -0.3 is 15.7 Å². The number of nitrogens with zero attached hydrogens (tertiary/aromatic N) is 1. The zero-order valence-electron chi connectivity index (χ0n) is 11.9. The maximum atomic E-state index is 12.2. The molecule has 1 rings (SSSR count). The Morgan fingerprint density at radius 2 is 1.95 bits per heavy atom. The number of aliphatic hydroxyl groups is 1. The van der Waals surface area contributed by atoms with Crippen molar-refractivity contribution in [2.45, 2.75) is 19.3 Å². The highest BCUT2D eigenvalue weighted by atomic mass is 16.2. The van der Waals surface area contributed by atoms with E-state index in [2.05, 4.69) is 11.8 Å². The summed E-state index contributed by atoms with van der Waals surface area (Å²) in [6.45, 7) is 1.24. The van der Waals surface area contributed by atoms with E-state index in [4.69, 9.17) is 10.8 Å².